The number of imidazole rings is 1. The second kappa shape index (κ2) is 7.14. The summed E-state index contributed by atoms with van der Waals surface area (Å²) < 4.78 is 21.1. The van der Waals surface area contributed by atoms with Gasteiger partial charge >= 0.3 is 0 Å². The monoisotopic (exact) mass is 402 g/mol. The van der Waals surface area contributed by atoms with Crippen molar-refractivity contribution in [3.05, 3.63) is 105 Å². The zero-order valence-electron chi connectivity index (χ0n) is 15.2. The third-order valence-electron chi connectivity index (χ3n) is 4.62. The molecule has 3 aromatic carbocycles. The fraction of sp³-hybridized carbons (Fsp3) is 0.0435. The van der Waals surface area contributed by atoms with Crippen LogP contribution in [-0.4, -0.2) is 9.38 Å². The van der Waals surface area contributed by atoms with Crippen LogP contribution in [0, 0.1) is 5.82 Å². The summed E-state index contributed by atoms with van der Waals surface area (Å²) in [4.78, 5) is 18.1. The molecule has 0 amide bonds. The summed E-state index contributed by atoms with van der Waals surface area (Å²) in [5, 5.41) is 0. The Balaban J connectivity index is 1.46. The maximum absolute atomic E-state index is 13.0. The summed E-state index contributed by atoms with van der Waals surface area (Å²) >= 11 is 1.37. The van der Waals surface area contributed by atoms with Gasteiger partial charge in [-0.3, -0.25) is 4.79 Å². The second-order valence-electron chi connectivity index (χ2n) is 6.62. The average Bonchev–Trinajstić information content (AvgIpc) is 3.24. The van der Waals surface area contributed by atoms with Gasteiger partial charge in [0.15, 0.2) is 4.96 Å². The van der Waals surface area contributed by atoms with Gasteiger partial charge in [0, 0.05) is 0 Å². The van der Waals surface area contributed by atoms with Crippen molar-refractivity contribution in [1.29, 1.82) is 0 Å². The van der Waals surface area contributed by atoms with Gasteiger partial charge in [-0.1, -0.05) is 47.7 Å². The van der Waals surface area contributed by atoms with Crippen molar-refractivity contribution in [3.8, 4) is 5.75 Å². The molecule has 0 radical (unpaired) electrons. The van der Waals surface area contributed by atoms with Crippen LogP contribution in [0.2, 0.25) is 0 Å². The first-order chi connectivity index (χ1) is 14.2. The van der Waals surface area contributed by atoms with Gasteiger partial charge in [-0.05, 0) is 53.6 Å². The molecule has 0 N–H and O–H groups in total. The van der Waals surface area contributed by atoms with Crippen LogP contribution >= 0.6 is 11.3 Å². The summed E-state index contributed by atoms with van der Waals surface area (Å²) in [7, 11) is 0. The number of rotatable bonds is 4. The normalized spacial score (nSPS) is 12.1. The van der Waals surface area contributed by atoms with Gasteiger partial charge in [-0.2, -0.15) is 0 Å². The fourth-order valence-corrected chi connectivity index (χ4v) is 4.19. The number of hydrogen-bond donors (Lipinski definition) is 0. The summed E-state index contributed by atoms with van der Waals surface area (Å²) in [5.41, 5.74) is 3.32. The highest BCUT2D eigenvalue weighted by atomic mass is 32.1. The van der Waals surface area contributed by atoms with Crippen molar-refractivity contribution in [2.24, 2.45) is 0 Å². The molecule has 0 aliphatic heterocycles. The largest absolute Gasteiger partial charge is 0.489 e. The summed E-state index contributed by atoms with van der Waals surface area (Å²) in [5.74, 6) is 0.413. The molecule has 142 valence electrons. The molecule has 0 aliphatic rings. The van der Waals surface area contributed by atoms with Crippen LogP contribution in [0.25, 0.3) is 22.1 Å². The van der Waals surface area contributed by atoms with E-state index in [2.05, 4.69) is 4.98 Å². The Morgan fingerprint density at radius 2 is 1.86 bits per heavy atom. The SMILES string of the molecule is O=c1/c(=C/c2cccc(OCc3ccc(F)cc3)c2)sc2nc3ccccc3n12. The lowest BCUT2D eigenvalue weighted by Crippen LogP contribution is -2.22. The first-order valence-corrected chi connectivity index (χ1v) is 9.88. The fourth-order valence-electron chi connectivity index (χ4n) is 3.20. The number of aromatic nitrogens is 2. The van der Waals surface area contributed by atoms with Crippen LogP contribution in [0.3, 0.4) is 0 Å². The Hall–Kier alpha value is -3.51. The maximum Gasteiger partial charge on any atom is 0.274 e. The summed E-state index contributed by atoms with van der Waals surface area (Å²) in [6, 6.07) is 21.4. The molecule has 6 heteroatoms. The number of ether oxygens (including phenoxy) is 1. The Kier molecular flexibility index (Phi) is 4.33. The van der Waals surface area contributed by atoms with Gasteiger partial charge in [0.25, 0.3) is 5.56 Å². The molecule has 0 bridgehead atoms. The molecule has 2 aromatic heterocycles. The predicted molar refractivity (Wildman–Crippen MR) is 113 cm³/mol. The van der Waals surface area contributed by atoms with Crippen LogP contribution in [0.1, 0.15) is 11.1 Å². The lowest BCUT2D eigenvalue weighted by atomic mass is 10.2. The summed E-state index contributed by atoms with van der Waals surface area (Å²) in [6.45, 7) is 0.343. The predicted octanol–water partition coefficient (Wildman–Crippen LogP) is 4.18. The minimum Gasteiger partial charge on any atom is -0.489 e. The molecule has 0 saturated heterocycles. The van der Waals surface area contributed by atoms with Gasteiger partial charge < -0.3 is 4.74 Å². The Morgan fingerprint density at radius 3 is 2.72 bits per heavy atom. The number of fused-ring (bicyclic) bond motifs is 3. The molecule has 0 fully saturated rings. The summed E-state index contributed by atoms with van der Waals surface area (Å²) in [6.07, 6.45) is 1.85. The second-order valence-corrected chi connectivity index (χ2v) is 7.63. The zero-order chi connectivity index (χ0) is 19.8. The molecule has 0 aliphatic carbocycles. The lowest BCUT2D eigenvalue weighted by Gasteiger charge is -2.07. The van der Waals surface area contributed by atoms with E-state index in [1.807, 2.05) is 54.6 Å². The van der Waals surface area contributed by atoms with E-state index < -0.39 is 0 Å². The quantitative estimate of drug-likeness (QED) is 0.453. The van der Waals surface area contributed by atoms with E-state index in [1.165, 1.54) is 23.5 Å². The van der Waals surface area contributed by atoms with E-state index in [-0.39, 0.29) is 11.4 Å². The maximum atomic E-state index is 13.0. The molecule has 5 rings (SSSR count). The van der Waals surface area contributed by atoms with Crippen molar-refractivity contribution in [1.82, 2.24) is 9.38 Å². The Bertz CT molecular complexity index is 1440. The van der Waals surface area contributed by atoms with Gasteiger partial charge in [0.1, 0.15) is 18.2 Å². The minimum absolute atomic E-state index is 0.0728. The van der Waals surface area contributed by atoms with Crippen LogP contribution in [-0.2, 0) is 6.61 Å². The first-order valence-electron chi connectivity index (χ1n) is 9.06. The number of hydrogen-bond acceptors (Lipinski definition) is 4. The van der Waals surface area contributed by atoms with Gasteiger partial charge in [-0.15, -0.1) is 0 Å². The van der Waals surface area contributed by atoms with Crippen molar-refractivity contribution < 1.29 is 9.13 Å². The van der Waals surface area contributed by atoms with E-state index in [4.69, 9.17) is 4.74 Å². The van der Waals surface area contributed by atoms with E-state index in [0.717, 1.165) is 22.2 Å². The van der Waals surface area contributed by atoms with Crippen molar-refractivity contribution >= 4 is 33.4 Å². The topological polar surface area (TPSA) is 43.6 Å². The van der Waals surface area contributed by atoms with Gasteiger partial charge in [-0.25, -0.2) is 13.8 Å². The first kappa shape index (κ1) is 17.6. The number of benzene rings is 3. The third-order valence-corrected chi connectivity index (χ3v) is 5.59. The molecule has 2 heterocycles. The molecule has 29 heavy (non-hydrogen) atoms. The van der Waals surface area contributed by atoms with Crippen LogP contribution in [0.15, 0.2) is 77.6 Å². The Labute approximate surface area is 169 Å². The minimum atomic E-state index is -0.270. The standard InChI is InChI=1S/C23H15FN2O2S/c24-17-10-8-15(9-11-17)14-28-18-5-3-4-16(12-18)13-21-22(27)26-20-7-2-1-6-19(20)25-23(26)29-21/h1-13H,14H2/b21-13-. The van der Waals surface area contributed by atoms with Crippen LogP contribution < -0.4 is 14.8 Å². The van der Waals surface area contributed by atoms with Crippen molar-refractivity contribution in [2.45, 2.75) is 6.61 Å². The van der Waals surface area contributed by atoms with E-state index >= 15 is 0 Å². The van der Waals surface area contributed by atoms with E-state index in [0.29, 0.717) is 21.8 Å². The number of para-hydroxylation sites is 2. The number of thiazole rings is 1. The number of nitrogens with zero attached hydrogens (tertiary/aromatic N) is 2. The van der Waals surface area contributed by atoms with Gasteiger partial charge in [0.2, 0.25) is 0 Å². The molecule has 0 atom stereocenters. The molecule has 5 aromatic rings. The third kappa shape index (κ3) is 3.39. The lowest BCUT2D eigenvalue weighted by molar-refractivity contribution is 0.306. The molecule has 0 saturated carbocycles. The average molecular weight is 402 g/mol. The molecule has 0 spiro atoms. The zero-order valence-corrected chi connectivity index (χ0v) is 16.0. The van der Waals surface area contributed by atoms with Gasteiger partial charge in [0.05, 0.1) is 15.6 Å². The Morgan fingerprint density at radius 1 is 1.03 bits per heavy atom. The van der Waals surface area contributed by atoms with Crippen LogP contribution in [0.4, 0.5) is 4.39 Å². The van der Waals surface area contributed by atoms with E-state index in [9.17, 15) is 9.18 Å². The number of halogens is 1. The highest BCUT2D eigenvalue weighted by Crippen LogP contribution is 2.18. The smallest absolute Gasteiger partial charge is 0.274 e. The molecular formula is C23H15FN2O2S. The molecule has 4 nitrogen and oxygen atoms in total. The highest BCUT2D eigenvalue weighted by molar-refractivity contribution is 7.15. The van der Waals surface area contributed by atoms with Crippen molar-refractivity contribution in [3.63, 3.8) is 0 Å². The van der Waals surface area contributed by atoms with Crippen molar-refractivity contribution in [2.75, 3.05) is 0 Å². The molecular weight excluding hydrogens is 387 g/mol. The van der Waals surface area contributed by atoms with Crippen LogP contribution in [0.5, 0.6) is 5.75 Å². The molecule has 0 unspecified atom stereocenters. The highest BCUT2D eigenvalue weighted by Gasteiger charge is 2.10. The van der Waals surface area contributed by atoms with E-state index in [1.54, 1.807) is 16.5 Å².